The summed E-state index contributed by atoms with van der Waals surface area (Å²) in [4.78, 5) is 6.30. The van der Waals surface area contributed by atoms with Gasteiger partial charge in [-0.25, -0.2) is 4.98 Å². The van der Waals surface area contributed by atoms with Gasteiger partial charge in [0.25, 0.3) is 0 Å². The quantitative estimate of drug-likeness (QED) is 0.257. The van der Waals surface area contributed by atoms with Gasteiger partial charge >= 0.3 is 0 Å². The first-order valence-corrected chi connectivity index (χ1v) is 24.7. The normalized spacial score (nSPS) is 23.3. The summed E-state index contributed by atoms with van der Waals surface area (Å²) in [5, 5.41) is 2.29. The van der Waals surface area contributed by atoms with Crippen LogP contribution in [0.1, 0.15) is 74.1 Å². The third-order valence-corrected chi connectivity index (χ3v) is 24.4. The van der Waals surface area contributed by atoms with Gasteiger partial charge in [0, 0.05) is 0 Å². The van der Waals surface area contributed by atoms with Crippen molar-refractivity contribution in [1.82, 2.24) is 4.98 Å². The van der Waals surface area contributed by atoms with Crippen LogP contribution in [0.15, 0.2) is 35.7 Å². The third kappa shape index (κ3) is 7.90. The first-order valence-electron chi connectivity index (χ1n) is 15.1. The Morgan fingerprint density at radius 1 is 0.732 bits per heavy atom. The van der Waals surface area contributed by atoms with Gasteiger partial charge in [-0.3, -0.25) is 0 Å². The molecule has 5 nitrogen and oxygen atoms in total. The molecule has 2 aromatic rings. The lowest BCUT2D eigenvalue weighted by atomic mass is 10.1. The number of hydrogen-bond acceptors (Lipinski definition) is 6. The van der Waals surface area contributed by atoms with Crippen molar-refractivity contribution in [2.45, 2.75) is 141 Å². The zero-order valence-corrected chi connectivity index (χ0v) is 32.3. The Kier molecular flexibility index (Phi) is 10.2. The van der Waals surface area contributed by atoms with Gasteiger partial charge in [0.15, 0.2) is 25.0 Å². The number of aromatic nitrogens is 1. The van der Waals surface area contributed by atoms with Crippen molar-refractivity contribution in [2.75, 3.05) is 6.61 Å². The molecule has 0 N–H and O–H groups in total. The maximum atomic E-state index is 7.29. The van der Waals surface area contributed by atoms with E-state index in [0.717, 1.165) is 16.3 Å². The fourth-order valence-corrected chi connectivity index (χ4v) is 8.40. The molecule has 0 aromatic carbocycles. The third-order valence-electron chi connectivity index (χ3n) is 10.0. The molecular formula is C32H57NO4SSi3. The number of ether oxygens (including phenoxy) is 1. The van der Waals surface area contributed by atoms with Crippen LogP contribution in [-0.2, 0) is 18.0 Å². The van der Waals surface area contributed by atoms with E-state index in [9.17, 15) is 0 Å². The van der Waals surface area contributed by atoms with Gasteiger partial charge in [-0.05, 0) is 78.0 Å². The summed E-state index contributed by atoms with van der Waals surface area (Å²) in [6, 6.07) is 10.4. The van der Waals surface area contributed by atoms with Gasteiger partial charge in [0.05, 0.1) is 22.9 Å². The smallest absolute Gasteiger partial charge is 0.192 e. The lowest BCUT2D eigenvalue weighted by Crippen LogP contribution is -2.54. The molecule has 232 valence electrons. The molecule has 41 heavy (non-hydrogen) atoms. The van der Waals surface area contributed by atoms with E-state index in [1.807, 2.05) is 0 Å². The second-order valence-electron chi connectivity index (χ2n) is 16.3. The minimum Gasteiger partial charge on any atom is -0.414 e. The summed E-state index contributed by atoms with van der Waals surface area (Å²) in [7, 11) is -6.39. The molecule has 4 atom stereocenters. The van der Waals surface area contributed by atoms with E-state index in [1.165, 1.54) is 0 Å². The van der Waals surface area contributed by atoms with Crippen molar-refractivity contribution in [3.8, 4) is 10.6 Å². The standard InChI is InChI=1S/C32H57NO4SSi3/c1-30(2,3)39(10,11)34-22-25-28(36-40(12,13)31(4,5)6)29(37-41(14,15)32(7,8)9)27(35-25)24-19-16-18-23(33-24)26-20-17-21-38-26/h16-21,25,27-29H,22H2,1-15H3/t25-,27+,28-,29+/m1/s1. The maximum Gasteiger partial charge on any atom is 0.192 e. The van der Waals surface area contributed by atoms with Crippen molar-refractivity contribution in [2.24, 2.45) is 0 Å². The molecule has 0 amide bonds. The molecule has 1 aliphatic heterocycles. The number of pyridine rings is 1. The molecule has 0 bridgehead atoms. The second-order valence-corrected chi connectivity index (χ2v) is 31.5. The Balaban J connectivity index is 2.11. The van der Waals surface area contributed by atoms with Gasteiger partial charge in [-0.1, -0.05) is 74.4 Å². The van der Waals surface area contributed by atoms with Crippen LogP contribution in [0, 0.1) is 0 Å². The summed E-state index contributed by atoms with van der Waals surface area (Å²) in [6.45, 7) is 35.0. The zero-order chi connectivity index (χ0) is 31.2. The number of rotatable bonds is 9. The lowest BCUT2D eigenvalue weighted by molar-refractivity contribution is -0.0185. The van der Waals surface area contributed by atoms with E-state index in [0.29, 0.717) is 6.61 Å². The predicted octanol–water partition coefficient (Wildman–Crippen LogP) is 10.1. The highest BCUT2D eigenvalue weighted by atomic mass is 32.1. The van der Waals surface area contributed by atoms with Gasteiger partial charge in [0.2, 0.25) is 0 Å². The minimum absolute atomic E-state index is 0.0427. The summed E-state index contributed by atoms with van der Waals surface area (Å²) >= 11 is 1.70. The molecule has 0 unspecified atom stereocenters. The highest BCUT2D eigenvalue weighted by molar-refractivity contribution is 7.13. The van der Waals surface area contributed by atoms with E-state index < -0.39 is 25.0 Å². The average Bonchev–Trinajstić information content (AvgIpc) is 3.45. The van der Waals surface area contributed by atoms with E-state index in [2.05, 4.69) is 137 Å². The minimum atomic E-state index is -2.20. The van der Waals surface area contributed by atoms with Crippen LogP contribution in [0.2, 0.25) is 54.4 Å². The number of thiophene rings is 1. The molecular weight excluding hydrogens is 579 g/mol. The van der Waals surface area contributed by atoms with Crippen molar-refractivity contribution in [3.05, 3.63) is 41.4 Å². The molecule has 0 spiro atoms. The summed E-state index contributed by atoms with van der Waals surface area (Å²) in [5.41, 5.74) is 1.87. The average molecular weight is 636 g/mol. The van der Waals surface area contributed by atoms with Crippen molar-refractivity contribution in [3.63, 3.8) is 0 Å². The molecule has 9 heteroatoms. The van der Waals surface area contributed by atoms with Gasteiger partial charge in [-0.2, -0.15) is 0 Å². The van der Waals surface area contributed by atoms with Gasteiger partial charge in [-0.15, -0.1) is 11.3 Å². The fourth-order valence-electron chi connectivity index (χ4n) is 4.08. The topological polar surface area (TPSA) is 49.8 Å². The van der Waals surface area contributed by atoms with Crippen LogP contribution in [0.3, 0.4) is 0 Å². The van der Waals surface area contributed by atoms with Crippen LogP contribution in [-0.4, -0.2) is 54.9 Å². The molecule has 3 heterocycles. The van der Waals surface area contributed by atoms with Crippen molar-refractivity contribution < 1.29 is 18.0 Å². The summed E-state index contributed by atoms with van der Waals surface area (Å²) in [5.74, 6) is 0. The van der Waals surface area contributed by atoms with Crippen LogP contribution in [0.25, 0.3) is 10.6 Å². The van der Waals surface area contributed by atoms with E-state index in [-0.39, 0.29) is 39.5 Å². The zero-order valence-electron chi connectivity index (χ0n) is 28.5. The number of hydrogen-bond donors (Lipinski definition) is 0. The van der Waals surface area contributed by atoms with E-state index >= 15 is 0 Å². The number of nitrogens with zero attached hydrogens (tertiary/aromatic N) is 1. The Labute approximate surface area is 258 Å². The molecule has 0 aliphatic carbocycles. The van der Waals surface area contributed by atoms with Crippen molar-refractivity contribution in [1.29, 1.82) is 0 Å². The van der Waals surface area contributed by atoms with Crippen LogP contribution in [0.5, 0.6) is 0 Å². The molecule has 1 aliphatic rings. The summed E-state index contributed by atoms with van der Waals surface area (Å²) in [6.07, 6.45) is -1.10. The first-order chi connectivity index (χ1) is 18.5. The second kappa shape index (κ2) is 12.0. The Bertz CT molecular complexity index is 1150. The largest absolute Gasteiger partial charge is 0.414 e. The Morgan fingerprint density at radius 3 is 1.76 bits per heavy atom. The molecule has 0 saturated carbocycles. The van der Waals surface area contributed by atoms with E-state index in [1.54, 1.807) is 11.3 Å². The fraction of sp³-hybridized carbons (Fsp3) is 0.719. The van der Waals surface area contributed by atoms with Crippen LogP contribution >= 0.6 is 11.3 Å². The molecule has 2 aromatic heterocycles. The molecule has 1 fully saturated rings. The Hall–Kier alpha value is -0.659. The van der Waals surface area contributed by atoms with Gasteiger partial charge < -0.3 is 18.0 Å². The van der Waals surface area contributed by atoms with Crippen LogP contribution < -0.4 is 0 Å². The van der Waals surface area contributed by atoms with E-state index in [4.69, 9.17) is 23.0 Å². The lowest BCUT2D eigenvalue weighted by Gasteiger charge is -2.44. The monoisotopic (exact) mass is 635 g/mol. The highest BCUT2D eigenvalue weighted by Crippen LogP contribution is 2.47. The molecule has 1 saturated heterocycles. The molecule has 0 radical (unpaired) electrons. The SMILES string of the molecule is CC(C)(C)[Si](C)(C)OC[C@H]1O[C@@H](c2cccc(-c3cccs3)n2)[C@H](O[Si](C)(C)C(C)(C)C)[C@@H]1O[Si](C)(C)C(C)(C)C. The van der Waals surface area contributed by atoms with Crippen LogP contribution in [0.4, 0.5) is 0 Å². The predicted molar refractivity (Wildman–Crippen MR) is 182 cm³/mol. The van der Waals surface area contributed by atoms with Crippen molar-refractivity contribution >= 4 is 36.3 Å². The first kappa shape index (κ1) is 34.8. The molecule has 3 rings (SSSR count). The highest BCUT2D eigenvalue weighted by Gasteiger charge is 2.55. The maximum absolute atomic E-state index is 7.29. The summed E-state index contributed by atoms with van der Waals surface area (Å²) < 4.78 is 28.4. The Morgan fingerprint density at radius 2 is 1.27 bits per heavy atom. The van der Waals surface area contributed by atoms with Gasteiger partial charge in [0.1, 0.15) is 24.4 Å².